The Bertz CT molecular complexity index is 1010. The molecule has 0 aromatic heterocycles. The van der Waals surface area contributed by atoms with Crippen molar-refractivity contribution in [1.29, 1.82) is 0 Å². The lowest BCUT2D eigenvalue weighted by atomic mass is 9.94. The van der Waals surface area contributed by atoms with Gasteiger partial charge in [-0.3, -0.25) is 9.69 Å². The smallest absolute Gasteiger partial charge is 0.269 e. The molecule has 5 nitrogen and oxygen atoms in total. The van der Waals surface area contributed by atoms with Crippen molar-refractivity contribution in [3.8, 4) is 11.5 Å². The molecule has 178 valence electrons. The molecule has 1 atom stereocenters. The number of rotatable bonds is 7. The van der Waals surface area contributed by atoms with E-state index in [1.54, 1.807) is 25.3 Å². The number of halogens is 3. The molecule has 0 spiro atoms. The van der Waals surface area contributed by atoms with Crippen LogP contribution in [0.25, 0.3) is 0 Å². The first kappa shape index (κ1) is 24.1. The maximum absolute atomic E-state index is 15.8. The lowest BCUT2D eigenvalue weighted by Gasteiger charge is -2.30. The molecule has 2 fully saturated rings. The molecule has 1 unspecified atom stereocenters. The second-order valence-corrected chi connectivity index (χ2v) is 9.66. The summed E-state index contributed by atoms with van der Waals surface area (Å²) in [7, 11) is 1.58. The summed E-state index contributed by atoms with van der Waals surface area (Å²) < 4.78 is 27.3. The molecule has 33 heavy (non-hydrogen) atoms. The van der Waals surface area contributed by atoms with Crippen molar-refractivity contribution in [2.45, 2.75) is 31.9 Å². The van der Waals surface area contributed by atoms with Gasteiger partial charge in [0.25, 0.3) is 5.91 Å². The monoisotopic (exact) mass is 494 g/mol. The maximum atomic E-state index is 15.8. The van der Waals surface area contributed by atoms with E-state index in [0.717, 1.165) is 25.6 Å². The summed E-state index contributed by atoms with van der Waals surface area (Å²) in [5.41, 5.74) is -1.37. The van der Waals surface area contributed by atoms with E-state index in [0.29, 0.717) is 28.8 Å². The summed E-state index contributed by atoms with van der Waals surface area (Å²) >= 11 is 12.0. The van der Waals surface area contributed by atoms with Crippen LogP contribution in [0.3, 0.4) is 0 Å². The zero-order chi connectivity index (χ0) is 23.6. The first-order valence-corrected chi connectivity index (χ1v) is 12.1. The summed E-state index contributed by atoms with van der Waals surface area (Å²) in [4.78, 5) is 17.0. The van der Waals surface area contributed by atoms with Crippen molar-refractivity contribution in [3.05, 3.63) is 52.0 Å². The highest BCUT2D eigenvalue weighted by Gasteiger charge is 2.49. The number of ether oxygens (including phenoxy) is 2. The van der Waals surface area contributed by atoms with Crippen molar-refractivity contribution in [3.63, 3.8) is 0 Å². The molecule has 2 aliphatic rings. The highest BCUT2D eigenvalue weighted by Crippen LogP contribution is 2.42. The Labute approximate surface area is 204 Å². The van der Waals surface area contributed by atoms with Crippen LogP contribution in [0.15, 0.2) is 36.4 Å². The molecule has 2 aromatic rings. The Balaban J connectivity index is 1.47. The average molecular weight is 495 g/mol. The minimum atomic E-state index is -2.15. The number of benzene rings is 2. The van der Waals surface area contributed by atoms with Gasteiger partial charge < -0.3 is 14.4 Å². The van der Waals surface area contributed by atoms with Crippen molar-refractivity contribution >= 4 is 34.8 Å². The van der Waals surface area contributed by atoms with Gasteiger partial charge in [0, 0.05) is 36.8 Å². The van der Waals surface area contributed by atoms with E-state index in [1.165, 1.54) is 35.9 Å². The van der Waals surface area contributed by atoms with E-state index in [-0.39, 0.29) is 23.6 Å². The molecule has 0 N–H and O–H groups in total. The average Bonchev–Trinajstić information content (AvgIpc) is 3.12. The first-order valence-electron chi connectivity index (χ1n) is 11.3. The Morgan fingerprint density at radius 3 is 2.52 bits per heavy atom. The van der Waals surface area contributed by atoms with Crippen LogP contribution in [0.5, 0.6) is 11.5 Å². The van der Waals surface area contributed by atoms with E-state index >= 15 is 4.39 Å². The molecule has 4 rings (SSSR count). The third kappa shape index (κ3) is 5.08. The molecular weight excluding hydrogens is 466 g/mol. The van der Waals surface area contributed by atoms with Gasteiger partial charge in [-0.05, 0) is 56.1 Å². The third-order valence-electron chi connectivity index (χ3n) is 6.64. The van der Waals surface area contributed by atoms with E-state index in [2.05, 4.69) is 11.8 Å². The molecule has 2 aromatic carbocycles. The minimum Gasteiger partial charge on any atom is -0.493 e. The molecule has 0 saturated carbocycles. The number of carbonyl (C=O) groups excluding carboxylic acids is 1. The fraction of sp³-hybridized carbons (Fsp3) is 0.480. The van der Waals surface area contributed by atoms with Crippen LogP contribution in [0.1, 0.15) is 31.7 Å². The largest absolute Gasteiger partial charge is 0.493 e. The van der Waals surface area contributed by atoms with Gasteiger partial charge in [0.05, 0.1) is 17.2 Å². The number of likely N-dealkylation sites (tertiary alicyclic amines) is 1. The van der Waals surface area contributed by atoms with Gasteiger partial charge in [-0.2, -0.15) is 0 Å². The number of carbonyl (C=O) groups is 1. The standard InChI is InChI=1S/C25H29Cl2FN2O3/c1-17-7-10-29(11-8-17)13-14-33-23-16-19(4-6-22(23)32-2)30-12-9-25(28,24(30)31)18-3-5-20(26)21(27)15-18/h3-6,15-17H,7-14H2,1-2H3. The number of hydrogen-bond donors (Lipinski definition) is 0. The molecule has 0 aliphatic carbocycles. The molecule has 2 heterocycles. The summed E-state index contributed by atoms with van der Waals surface area (Å²) in [5, 5.41) is 0.545. The molecule has 8 heteroatoms. The van der Waals surface area contributed by atoms with Crippen LogP contribution in [0.2, 0.25) is 10.0 Å². The number of methoxy groups -OCH3 is 1. The zero-order valence-electron chi connectivity index (χ0n) is 19.0. The van der Waals surface area contributed by atoms with Crippen molar-refractivity contribution in [2.24, 2.45) is 5.92 Å². The van der Waals surface area contributed by atoms with E-state index in [1.807, 2.05) is 0 Å². The Kier molecular flexibility index (Phi) is 7.37. The molecule has 2 aliphatic heterocycles. The number of alkyl halides is 1. The predicted molar refractivity (Wildman–Crippen MR) is 130 cm³/mol. The molecule has 1 amide bonds. The van der Waals surface area contributed by atoms with Crippen molar-refractivity contribution < 1.29 is 18.7 Å². The van der Waals surface area contributed by atoms with E-state index in [4.69, 9.17) is 32.7 Å². The second-order valence-electron chi connectivity index (χ2n) is 8.84. The normalized spacial score (nSPS) is 22.1. The number of nitrogens with zero attached hydrogens (tertiary/aromatic N) is 2. The van der Waals surface area contributed by atoms with Gasteiger partial charge in [-0.15, -0.1) is 0 Å². The molecule has 2 saturated heterocycles. The van der Waals surface area contributed by atoms with Gasteiger partial charge in [0.2, 0.25) is 5.67 Å². The van der Waals surface area contributed by atoms with E-state index < -0.39 is 11.6 Å². The highest BCUT2D eigenvalue weighted by molar-refractivity contribution is 6.42. The first-order chi connectivity index (χ1) is 15.8. The van der Waals surface area contributed by atoms with Gasteiger partial charge >= 0.3 is 0 Å². The molecule has 0 bridgehead atoms. The van der Waals surface area contributed by atoms with Crippen molar-refractivity contribution in [1.82, 2.24) is 4.90 Å². The van der Waals surface area contributed by atoms with Gasteiger partial charge in [-0.1, -0.05) is 36.2 Å². The SMILES string of the molecule is COc1ccc(N2CCC(F)(c3ccc(Cl)c(Cl)c3)C2=O)cc1OCCN1CCC(C)CC1. The summed E-state index contributed by atoms with van der Waals surface area (Å²) in [6.45, 7) is 6.03. The number of hydrogen-bond acceptors (Lipinski definition) is 4. The van der Waals surface area contributed by atoms with Crippen molar-refractivity contribution in [2.75, 3.05) is 44.8 Å². The lowest BCUT2D eigenvalue weighted by Crippen LogP contribution is -2.36. The highest BCUT2D eigenvalue weighted by atomic mass is 35.5. The summed E-state index contributed by atoms with van der Waals surface area (Å²) in [6, 6.07) is 9.69. The van der Waals surface area contributed by atoms with Crippen LogP contribution < -0.4 is 14.4 Å². The summed E-state index contributed by atoms with van der Waals surface area (Å²) in [6.07, 6.45) is 2.44. The topological polar surface area (TPSA) is 42.0 Å². The Morgan fingerprint density at radius 2 is 1.82 bits per heavy atom. The summed E-state index contributed by atoms with van der Waals surface area (Å²) in [5.74, 6) is 1.27. The Morgan fingerprint density at radius 1 is 1.06 bits per heavy atom. The van der Waals surface area contributed by atoms with Crippen LogP contribution in [0, 0.1) is 5.92 Å². The fourth-order valence-electron chi connectivity index (χ4n) is 4.46. The number of anilines is 1. The minimum absolute atomic E-state index is 0.0272. The third-order valence-corrected chi connectivity index (χ3v) is 7.38. The molecule has 0 radical (unpaired) electrons. The molecular formula is C25H29Cl2FN2O3. The van der Waals surface area contributed by atoms with Gasteiger partial charge in [0.1, 0.15) is 6.61 Å². The lowest BCUT2D eigenvalue weighted by molar-refractivity contribution is -0.127. The van der Waals surface area contributed by atoms with Gasteiger partial charge in [0.15, 0.2) is 11.5 Å². The maximum Gasteiger partial charge on any atom is 0.269 e. The number of amides is 1. The second kappa shape index (κ2) is 10.1. The number of piperidine rings is 1. The Hall–Kier alpha value is -2.02. The fourth-order valence-corrected chi connectivity index (χ4v) is 4.76. The quantitative estimate of drug-likeness (QED) is 0.493. The zero-order valence-corrected chi connectivity index (χ0v) is 20.5. The van der Waals surface area contributed by atoms with Crippen LogP contribution in [-0.2, 0) is 10.5 Å². The van der Waals surface area contributed by atoms with Crippen LogP contribution in [-0.4, -0.2) is 50.7 Å². The van der Waals surface area contributed by atoms with Crippen LogP contribution in [0.4, 0.5) is 10.1 Å². The predicted octanol–water partition coefficient (Wildman–Crippen LogP) is 5.71. The van der Waals surface area contributed by atoms with E-state index in [9.17, 15) is 4.79 Å². The van der Waals surface area contributed by atoms with Gasteiger partial charge in [-0.25, -0.2) is 4.39 Å². The van der Waals surface area contributed by atoms with Crippen LogP contribution >= 0.6 is 23.2 Å².